The van der Waals surface area contributed by atoms with E-state index in [0.29, 0.717) is 0 Å². The molecule has 0 aliphatic heterocycles. The first kappa shape index (κ1) is 11.6. The molecule has 1 heterocycles. The van der Waals surface area contributed by atoms with Crippen molar-refractivity contribution >= 4 is 11.8 Å². The van der Waals surface area contributed by atoms with E-state index >= 15 is 0 Å². The highest BCUT2D eigenvalue weighted by molar-refractivity contribution is 7.99. The molecular weight excluding hydrogens is 196 g/mol. The summed E-state index contributed by atoms with van der Waals surface area (Å²) in [4.78, 5) is 0. The van der Waals surface area contributed by atoms with Crippen LogP contribution >= 0.6 is 11.8 Å². The third-order valence-corrected chi connectivity index (χ3v) is 3.35. The lowest BCUT2D eigenvalue weighted by atomic mass is 10.2. The minimum absolute atomic E-state index is 0.192. The van der Waals surface area contributed by atoms with Gasteiger partial charge in [-0.05, 0) is 17.7 Å². The molecule has 1 rings (SSSR count). The molecule has 1 aromatic heterocycles. The predicted molar refractivity (Wildman–Crippen MR) is 60.9 cm³/mol. The van der Waals surface area contributed by atoms with E-state index in [1.54, 1.807) is 12.5 Å². The molecule has 1 unspecified atom stereocenters. The Balaban J connectivity index is 2.33. The number of nitrogens with one attached hydrogen (secondary N) is 1. The van der Waals surface area contributed by atoms with Gasteiger partial charge in [-0.3, -0.25) is 11.3 Å². The average molecular weight is 214 g/mol. The molecule has 3 N–H and O–H groups in total. The van der Waals surface area contributed by atoms with Crippen molar-refractivity contribution < 1.29 is 4.42 Å². The first-order valence-electron chi connectivity index (χ1n) is 4.80. The van der Waals surface area contributed by atoms with Gasteiger partial charge in [0.05, 0.1) is 18.6 Å². The summed E-state index contributed by atoms with van der Waals surface area (Å²) in [5, 5.41) is 0. The van der Waals surface area contributed by atoms with Gasteiger partial charge in [0.2, 0.25) is 0 Å². The molecule has 0 aromatic carbocycles. The van der Waals surface area contributed by atoms with Crippen molar-refractivity contribution in [3.63, 3.8) is 0 Å². The van der Waals surface area contributed by atoms with Crippen molar-refractivity contribution in [2.75, 3.05) is 11.5 Å². The maximum atomic E-state index is 5.48. The number of hydrogen-bond acceptors (Lipinski definition) is 4. The summed E-state index contributed by atoms with van der Waals surface area (Å²) in [6.07, 6.45) is 3.41. The Morgan fingerprint density at radius 1 is 1.50 bits per heavy atom. The first-order chi connectivity index (χ1) is 6.74. The standard InChI is InChI=1S/C10H18N2OS/c1-8(2)6-14-7-10(12-11)9-3-4-13-5-9/h3-5,8,10,12H,6-7,11H2,1-2H3. The Hall–Kier alpha value is -0.450. The van der Waals surface area contributed by atoms with Gasteiger partial charge in [-0.15, -0.1) is 0 Å². The SMILES string of the molecule is CC(C)CSCC(NN)c1ccoc1. The largest absolute Gasteiger partial charge is 0.472 e. The van der Waals surface area contributed by atoms with Gasteiger partial charge in [0.15, 0.2) is 0 Å². The van der Waals surface area contributed by atoms with Crippen molar-refractivity contribution in [3.05, 3.63) is 24.2 Å². The topological polar surface area (TPSA) is 51.2 Å². The Bertz CT molecular complexity index is 236. The Labute approximate surface area is 89.4 Å². The molecule has 0 aliphatic carbocycles. The van der Waals surface area contributed by atoms with E-state index in [0.717, 1.165) is 23.0 Å². The smallest absolute Gasteiger partial charge is 0.0951 e. The van der Waals surface area contributed by atoms with Crippen LogP contribution in [-0.2, 0) is 0 Å². The lowest BCUT2D eigenvalue weighted by Crippen LogP contribution is -2.29. The van der Waals surface area contributed by atoms with Crippen LogP contribution in [0.5, 0.6) is 0 Å². The number of furan rings is 1. The van der Waals surface area contributed by atoms with Crippen LogP contribution in [-0.4, -0.2) is 11.5 Å². The summed E-state index contributed by atoms with van der Waals surface area (Å²) >= 11 is 1.91. The van der Waals surface area contributed by atoms with Gasteiger partial charge < -0.3 is 4.42 Å². The molecule has 1 aromatic rings. The van der Waals surface area contributed by atoms with E-state index < -0.39 is 0 Å². The number of rotatable bonds is 6. The van der Waals surface area contributed by atoms with Crippen LogP contribution in [0.3, 0.4) is 0 Å². The lowest BCUT2D eigenvalue weighted by molar-refractivity contribution is 0.548. The molecule has 0 saturated carbocycles. The number of thioether (sulfide) groups is 1. The molecule has 80 valence electrons. The van der Waals surface area contributed by atoms with Gasteiger partial charge in [-0.1, -0.05) is 13.8 Å². The van der Waals surface area contributed by atoms with Crippen molar-refractivity contribution in [1.29, 1.82) is 0 Å². The molecule has 1 atom stereocenters. The number of hydrazine groups is 1. The van der Waals surface area contributed by atoms with Crippen LogP contribution in [0, 0.1) is 5.92 Å². The normalized spacial score (nSPS) is 13.4. The highest BCUT2D eigenvalue weighted by atomic mass is 32.2. The molecule has 0 spiro atoms. The fourth-order valence-electron chi connectivity index (χ4n) is 1.14. The van der Waals surface area contributed by atoms with Crippen LogP contribution in [0.1, 0.15) is 25.5 Å². The molecule has 0 bridgehead atoms. The van der Waals surface area contributed by atoms with Crippen LogP contribution in [0.15, 0.2) is 23.0 Å². The number of hydrogen-bond donors (Lipinski definition) is 2. The third-order valence-electron chi connectivity index (χ3n) is 1.88. The zero-order chi connectivity index (χ0) is 10.4. The molecule has 0 radical (unpaired) electrons. The highest BCUT2D eigenvalue weighted by Gasteiger charge is 2.10. The quantitative estimate of drug-likeness (QED) is 0.563. The second-order valence-corrected chi connectivity index (χ2v) is 4.78. The minimum Gasteiger partial charge on any atom is -0.472 e. The van der Waals surface area contributed by atoms with E-state index in [4.69, 9.17) is 10.3 Å². The molecule has 14 heavy (non-hydrogen) atoms. The fraction of sp³-hybridized carbons (Fsp3) is 0.600. The summed E-state index contributed by atoms with van der Waals surface area (Å²) in [6.45, 7) is 4.44. The van der Waals surface area contributed by atoms with Gasteiger partial charge in [-0.25, -0.2) is 0 Å². The van der Waals surface area contributed by atoms with Crippen molar-refractivity contribution in [3.8, 4) is 0 Å². The molecule has 0 saturated heterocycles. The minimum atomic E-state index is 0.192. The average Bonchev–Trinajstić information content (AvgIpc) is 2.64. The van der Waals surface area contributed by atoms with Gasteiger partial charge in [0, 0.05) is 11.3 Å². The lowest BCUT2D eigenvalue weighted by Gasteiger charge is -2.14. The van der Waals surface area contributed by atoms with E-state index in [-0.39, 0.29) is 6.04 Å². The molecule has 3 nitrogen and oxygen atoms in total. The Morgan fingerprint density at radius 3 is 2.79 bits per heavy atom. The Kier molecular flexibility index (Phi) is 5.07. The summed E-state index contributed by atoms with van der Waals surface area (Å²) in [5.41, 5.74) is 3.91. The van der Waals surface area contributed by atoms with Gasteiger partial charge in [0.1, 0.15) is 0 Å². The zero-order valence-electron chi connectivity index (χ0n) is 8.69. The monoisotopic (exact) mass is 214 g/mol. The number of nitrogens with two attached hydrogens (primary N) is 1. The van der Waals surface area contributed by atoms with Crippen molar-refractivity contribution in [2.24, 2.45) is 11.8 Å². The van der Waals surface area contributed by atoms with Gasteiger partial charge >= 0.3 is 0 Å². The van der Waals surface area contributed by atoms with E-state index in [2.05, 4.69) is 19.3 Å². The second-order valence-electron chi connectivity index (χ2n) is 3.71. The van der Waals surface area contributed by atoms with Gasteiger partial charge in [0.25, 0.3) is 0 Å². The maximum absolute atomic E-state index is 5.48. The van der Waals surface area contributed by atoms with Crippen molar-refractivity contribution in [2.45, 2.75) is 19.9 Å². The fourth-order valence-corrected chi connectivity index (χ4v) is 2.27. The molecule has 4 heteroatoms. The van der Waals surface area contributed by atoms with Crippen LogP contribution in [0.2, 0.25) is 0 Å². The Morgan fingerprint density at radius 2 is 2.29 bits per heavy atom. The van der Waals surface area contributed by atoms with Crippen LogP contribution < -0.4 is 11.3 Å². The van der Waals surface area contributed by atoms with E-state index in [1.807, 2.05) is 17.8 Å². The molecule has 0 fully saturated rings. The molecule has 0 amide bonds. The predicted octanol–water partition coefficient (Wildman–Crippen LogP) is 2.17. The molecule has 0 aliphatic rings. The van der Waals surface area contributed by atoms with E-state index in [9.17, 15) is 0 Å². The highest BCUT2D eigenvalue weighted by Crippen LogP contribution is 2.19. The van der Waals surface area contributed by atoms with Crippen molar-refractivity contribution in [1.82, 2.24) is 5.43 Å². The molecular formula is C10H18N2OS. The first-order valence-corrected chi connectivity index (χ1v) is 5.95. The van der Waals surface area contributed by atoms with Gasteiger partial charge in [-0.2, -0.15) is 11.8 Å². The van der Waals surface area contributed by atoms with Crippen LogP contribution in [0.4, 0.5) is 0 Å². The summed E-state index contributed by atoms with van der Waals surface area (Å²) in [6, 6.07) is 2.14. The van der Waals surface area contributed by atoms with E-state index in [1.165, 1.54) is 0 Å². The summed E-state index contributed by atoms with van der Waals surface area (Å²) in [7, 11) is 0. The third kappa shape index (κ3) is 3.74. The van der Waals surface area contributed by atoms with Crippen LogP contribution in [0.25, 0.3) is 0 Å². The maximum Gasteiger partial charge on any atom is 0.0951 e. The summed E-state index contributed by atoms with van der Waals surface area (Å²) < 4.78 is 5.02. The summed E-state index contributed by atoms with van der Waals surface area (Å²) in [5.74, 6) is 8.34. The zero-order valence-corrected chi connectivity index (χ0v) is 9.51. The second kappa shape index (κ2) is 6.11.